The molecule has 1 fully saturated rings. The van der Waals surface area contributed by atoms with Crippen LogP contribution in [0.15, 0.2) is 30.3 Å². The van der Waals surface area contributed by atoms with Crippen molar-refractivity contribution in [2.24, 2.45) is 0 Å². The molecule has 3 N–H and O–H groups in total. The average molecular weight is 347 g/mol. The minimum Gasteiger partial charge on any atom is -0.493 e. The van der Waals surface area contributed by atoms with Crippen LogP contribution in [0.2, 0.25) is 0 Å². The van der Waals surface area contributed by atoms with Crippen LogP contribution in [0.25, 0.3) is 0 Å². The molecule has 0 spiro atoms. The third kappa shape index (κ3) is 3.92. The molecule has 1 amide bonds. The van der Waals surface area contributed by atoms with Gasteiger partial charge in [-0.15, -0.1) is 0 Å². The zero-order valence-electron chi connectivity index (χ0n) is 13.9. The topological polar surface area (TPSA) is 108 Å². The lowest BCUT2D eigenvalue weighted by Gasteiger charge is -2.32. The molecule has 0 unspecified atom stereocenters. The van der Waals surface area contributed by atoms with Crippen molar-refractivity contribution in [1.82, 2.24) is 15.1 Å². The second kappa shape index (κ2) is 7.54. The van der Waals surface area contributed by atoms with Crippen LogP contribution in [-0.4, -0.2) is 63.6 Å². The molecule has 0 aliphatic carbocycles. The number of methoxy groups -OCH3 is 1. The predicted molar refractivity (Wildman–Crippen MR) is 88.4 cm³/mol. The van der Waals surface area contributed by atoms with Crippen molar-refractivity contribution >= 4 is 5.91 Å². The first-order valence-electron chi connectivity index (χ1n) is 8.04. The summed E-state index contributed by atoms with van der Waals surface area (Å²) in [6.07, 6.45) is -1.36. The summed E-state index contributed by atoms with van der Waals surface area (Å²) in [5.74, 6) is 0.936. The highest BCUT2D eigenvalue weighted by Crippen LogP contribution is 2.26. The molecule has 25 heavy (non-hydrogen) atoms. The number of benzene rings is 1. The van der Waals surface area contributed by atoms with E-state index >= 15 is 0 Å². The SMILES string of the molecule is COc1ccccc1OCc1cc(C(=O)N2CC[C@H](O)[C@@H](O)C2)n[nH]1. The monoisotopic (exact) mass is 347 g/mol. The Bertz CT molecular complexity index is 733. The van der Waals surface area contributed by atoms with Crippen LogP contribution in [0.5, 0.6) is 11.5 Å². The van der Waals surface area contributed by atoms with Crippen molar-refractivity contribution in [3.05, 3.63) is 41.7 Å². The number of H-pyrrole nitrogens is 1. The number of ether oxygens (including phenoxy) is 2. The number of carbonyl (C=O) groups excluding carboxylic acids is 1. The highest BCUT2D eigenvalue weighted by atomic mass is 16.5. The lowest BCUT2D eigenvalue weighted by atomic mass is 10.0. The van der Waals surface area contributed by atoms with Crippen LogP contribution < -0.4 is 9.47 Å². The Balaban J connectivity index is 1.61. The number of carbonyl (C=O) groups is 1. The number of nitrogens with zero attached hydrogens (tertiary/aromatic N) is 2. The van der Waals surface area contributed by atoms with Crippen LogP contribution in [-0.2, 0) is 6.61 Å². The number of likely N-dealkylation sites (tertiary alicyclic amines) is 1. The molecular formula is C17H21N3O5. The summed E-state index contributed by atoms with van der Waals surface area (Å²) in [7, 11) is 1.57. The van der Waals surface area contributed by atoms with Crippen molar-refractivity contribution in [2.75, 3.05) is 20.2 Å². The van der Waals surface area contributed by atoms with Crippen molar-refractivity contribution in [3.8, 4) is 11.5 Å². The van der Waals surface area contributed by atoms with Gasteiger partial charge in [0, 0.05) is 13.1 Å². The summed E-state index contributed by atoms with van der Waals surface area (Å²) >= 11 is 0. The molecule has 0 saturated carbocycles. The van der Waals surface area contributed by atoms with Gasteiger partial charge in [0.1, 0.15) is 6.61 Å². The Kier molecular flexibility index (Phi) is 5.20. The maximum Gasteiger partial charge on any atom is 0.274 e. The number of amides is 1. The fourth-order valence-electron chi connectivity index (χ4n) is 2.70. The zero-order valence-corrected chi connectivity index (χ0v) is 13.9. The van der Waals surface area contributed by atoms with Crippen molar-refractivity contribution in [1.29, 1.82) is 0 Å². The molecule has 2 aromatic rings. The third-order valence-electron chi connectivity index (χ3n) is 4.14. The largest absolute Gasteiger partial charge is 0.493 e. The number of rotatable bonds is 5. The maximum atomic E-state index is 12.4. The van der Waals surface area contributed by atoms with Gasteiger partial charge in [-0.25, -0.2) is 0 Å². The predicted octanol–water partition coefficient (Wildman–Crippen LogP) is 0.565. The molecule has 1 saturated heterocycles. The second-order valence-corrected chi connectivity index (χ2v) is 5.89. The average Bonchev–Trinajstić information content (AvgIpc) is 3.11. The third-order valence-corrected chi connectivity index (χ3v) is 4.14. The van der Waals surface area contributed by atoms with E-state index in [1.54, 1.807) is 25.3 Å². The normalized spacial score (nSPS) is 20.4. The lowest BCUT2D eigenvalue weighted by molar-refractivity contribution is -0.0323. The van der Waals surface area contributed by atoms with E-state index in [1.165, 1.54) is 4.90 Å². The van der Waals surface area contributed by atoms with E-state index in [4.69, 9.17) is 9.47 Å². The van der Waals surface area contributed by atoms with Gasteiger partial charge in [0.05, 0.1) is 25.0 Å². The lowest BCUT2D eigenvalue weighted by Crippen LogP contribution is -2.49. The van der Waals surface area contributed by atoms with Crippen LogP contribution in [0.3, 0.4) is 0 Å². The summed E-state index contributed by atoms with van der Waals surface area (Å²) in [6.45, 7) is 0.693. The highest BCUT2D eigenvalue weighted by Gasteiger charge is 2.30. The quantitative estimate of drug-likeness (QED) is 0.730. The fraction of sp³-hybridized carbons (Fsp3) is 0.412. The molecule has 0 radical (unpaired) electrons. The molecule has 2 heterocycles. The van der Waals surface area contributed by atoms with Crippen LogP contribution in [0.4, 0.5) is 0 Å². The summed E-state index contributed by atoms with van der Waals surface area (Å²) in [4.78, 5) is 13.9. The van der Waals surface area contributed by atoms with Crippen molar-refractivity contribution in [2.45, 2.75) is 25.2 Å². The van der Waals surface area contributed by atoms with Gasteiger partial charge in [0.15, 0.2) is 17.2 Å². The van der Waals surface area contributed by atoms with Crippen LogP contribution >= 0.6 is 0 Å². The molecule has 1 aliphatic heterocycles. The van der Waals surface area contributed by atoms with Crippen molar-refractivity contribution < 1.29 is 24.5 Å². The van der Waals surface area contributed by atoms with Crippen molar-refractivity contribution in [3.63, 3.8) is 0 Å². The first-order valence-corrected chi connectivity index (χ1v) is 8.04. The van der Waals surface area contributed by atoms with Gasteiger partial charge in [0.25, 0.3) is 5.91 Å². The smallest absolute Gasteiger partial charge is 0.274 e. The molecular weight excluding hydrogens is 326 g/mol. The number of β-amino-alcohol motifs (C(OH)–C–C–N with tert-alkyl or cyclic N) is 1. The number of hydrogen-bond donors (Lipinski definition) is 3. The molecule has 1 aromatic heterocycles. The number of aliphatic hydroxyl groups is 2. The van der Waals surface area contributed by atoms with Gasteiger partial charge in [-0.2, -0.15) is 5.10 Å². The number of para-hydroxylation sites is 2. The number of aromatic nitrogens is 2. The first kappa shape index (κ1) is 17.2. The standard InChI is InChI=1S/C17H21N3O5/c1-24-15-4-2-3-5-16(15)25-10-11-8-12(19-18-11)17(23)20-7-6-13(21)14(22)9-20/h2-5,8,13-14,21-22H,6-7,9-10H2,1H3,(H,18,19)/t13-,14-/m0/s1. The Morgan fingerprint density at radius 3 is 2.80 bits per heavy atom. The summed E-state index contributed by atoms with van der Waals surface area (Å²) < 4.78 is 10.9. The summed E-state index contributed by atoms with van der Waals surface area (Å²) in [6, 6.07) is 8.91. The van der Waals surface area contributed by atoms with E-state index in [-0.39, 0.29) is 24.8 Å². The van der Waals surface area contributed by atoms with E-state index < -0.39 is 12.2 Å². The first-order chi connectivity index (χ1) is 12.1. The molecule has 1 aromatic carbocycles. The van der Waals surface area contributed by atoms with E-state index in [1.807, 2.05) is 12.1 Å². The number of piperidine rings is 1. The molecule has 8 nitrogen and oxygen atoms in total. The molecule has 2 atom stereocenters. The number of aliphatic hydroxyl groups excluding tert-OH is 2. The Morgan fingerprint density at radius 1 is 1.32 bits per heavy atom. The molecule has 3 rings (SSSR count). The highest BCUT2D eigenvalue weighted by molar-refractivity contribution is 5.92. The Hall–Kier alpha value is -2.58. The summed E-state index contributed by atoms with van der Waals surface area (Å²) in [5.41, 5.74) is 0.897. The number of hydrogen-bond acceptors (Lipinski definition) is 6. The van der Waals surface area contributed by atoms with E-state index in [0.29, 0.717) is 30.2 Å². The molecule has 134 valence electrons. The van der Waals surface area contributed by atoms with Gasteiger partial charge in [-0.3, -0.25) is 9.89 Å². The van der Waals surface area contributed by atoms with E-state index in [2.05, 4.69) is 10.2 Å². The van der Waals surface area contributed by atoms with E-state index in [0.717, 1.165) is 0 Å². The Morgan fingerprint density at radius 2 is 2.08 bits per heavy atom. The van der Waals surface area contributed by atoms with Gasteiger partial charge >= 0.3 is 0 Å². The van der Waals surface area contributed by atoms with Gasteiger partial charge in [-0.05, 0) is 24.6 Å². The fourth-order valence-corrected chi connectivity index (χ4v) is 2.70. The number of aromatic amines is 1. The molecule has 0 bridgehead atoms. The minimum absolute atomic E-state index is 0.0971. The second-order valence-electron chi connectivity index (χ2n) is 5.89. The summed E-state index contributed by atoms with van der Waals surface area (Å²) in [5, 5.41) is 26.0. The minimum atomic E-state index is -0.926. The van der Waals surface area contributed by atoms with Gasteiger partial charge < -0.3 is 24.6 Å². The zero-order chi connectivity index (χ0) is 17.8. The van der Waals surface area contributed by atoms with E-state index in [9.17, 15) is 15.0 Å². The van der Waals surface area contributed by atoms with Crippen LogP contribution in [0, 0.1) is 0 Å². The Labute approximate surface area is 145 Å². The maximum absolute atomic E-state index is 12.4. The van der Waals surface area contributed by atoms with Gasteiger partial charge in [0.2, 0.25) is 0 Å². The number of nitrogens with one attached hydrogen (secondary N) is 1. The van der Waals surface area contributed by atoms with Gasteiger partial charge in [-0.1, -0.05) is 12.1 Å². The molecule has 8 heteroatoms. The van der Waals surface area contributed by atoms with Crippen LogP contribution in [0.1, 0.15) is 22.6 Å². The molecule has 1 aliphatic rings.